The summed E-state index contributed by atoms with van der Waals surface area (Å²) in [5.41, 5.74) is 0.476. The van der Waals surface area contributed by atoms with Crippen LogP contribution in [-0.4, -0.2) is 100 Å². The monoisotopic (exact) mass is 1130 g/mol. The molecule has 424 valence electrons. The molecule has 2 fully saturated rings. The molecule has 2 aliphatic carbocycles. The van der Waals surface area contributed by atoms with E-state index in [4.69, 9.17) is 25.8 Å². The number of hydrogen-bond donors (Lipinski definition) is 10. The van der Waals surface area contributed by atoms with Crippen molar-refractivity contribution in [3.8, 4) is 17.2 Å². The standard InChI is InChI=1S/C57H63ClF3N9O10/c1-29(37-10-5-7-12-40(37)59)78-47-27-45(69-50(47)56(76)64-21-9-20-63-52(72)43-25-46(49(68-43)55(75)62-4)80-31(3)39-19-14-33(58)24-42(39)61)54(74)67-35-22-32(23-35)28-65-57(77)51-48(79-30(2)38-11-6-8-13-41(38)60)26-44(70-51)53(73)66-34-15-17-36(71)18-16-34/h5-8,10-14,19,24-27,29-32,34-36,68-71H,9,15-18,20-23,28H2,1-4H3,(H,62,75)(H,63,72)(H,64,76)(H,65,77)(H,66,73)(H,67,74). The van der Waals surface area contributed by atoms with Gasteiger partial charge in [0.2, 0.25) is 0 Å². The quantitative estimate of drug-likeness (QED) is 0.0276. The zero-order valence-corrected chi connectivity index (χ0v) is 45.1. The maximum atomic E-state index is 14.8. The highest BCUT2D eigenvalue weighted by molar-refractivity contribution is 6.30. The molecule has 23 heteroatoms. The number of hydrogen-bond acceptors (Lipinski definition) is 10. The van der Waals surface area contributed by atoms with Crippen molar-refractivity contribution in [1.29, 1.82) is 0 Å². The van der Waals surface area contributed by atoms with Gasteiger partial charge in [0.15, 0.2) is 17.2 Å². The van der Waals surface area contributed by atoms with Crippen LogP contribution in [0.4, 0.5) is 13.2 Å². The number of carbonyl (C=O) groups excluding carboxylic acids is 6. The Balaban J connectivity index is 0.857. The van der Waals surface area contributed by atoms with Crippen LogP contribution in [0.5, 0.6) is 17.2 Å². The molecule has 3 heterocycles. The summed E-state index contributed by atoms with van der Waals surface area (Å²) >= 11 is 5.90. The van der Waals surface area contributed by atoms with E-state index in [9.17, 15) is 47.0 Å². The van der Waals surface area contributed by atoms with Gasteiger partial charge in [-0.3, -0.25) is 28.8 Å². The second-order valence-corrected chi connectivity index (χ2v) is 20.3. The number of benzene rings is 3. The number of amides is 6. The minimum absolute atomic E-state index is 0.00493. The number of carbonyl (C=O) groups is 6. The Bertz CT molecular complexity index is 3220. The first-order chi connectivity index (χ1) is 38.3. The third-order valence-corrected chi connectivity index (χ3v) is 14.3. The Kier molecular flexibility index (Phi) is 18.9. The van der Waals surface area contributed by atoms with Gasteiger partial charge in [0, 0.05) is 78.7 Å². The number of H-pyrrole nitrogens is 3. The summed E-state index contributed by atoms with van der Waals surface area (Å²) in [7, 11) is 1.40. The molecule has 0 bridgehead atoms. The fraction of sp³-hybridized carbons (Fsp3) is 0.368. The summed E-state index contributed by atoms with van der Waals surface area (Å²) in [5.74, 6) is -5.09. The van der Waals surface area contributed by atoms with Crippen molar-refractivity contribution in [3.05, 3.63) is 158 Å². The summed E-state index contributed by atoms with van der Waals surface area (Å²) in [6, 6.07) is 19.8. The third-order valence-electron chi connectivity index (χ3n) is 14.1. The second kappa shape index (κ2) is 26.1. The maximum Gasteiger partial charge on any atom is 0.271 e. The lowest BCUT2D eigenvalue weighted by Crippen LogP contribution is -2.47. The summed E-state index contributed by atoms with van der Waals surface area (Å²) in [6.45, 7) is 5.12. The van der Waals surface area contributed by atoms with E-state index in [1.807, 2.05) is 0 Å². The summed E-state index contributed by atoms with van der Waals surface area (Å²) < 4.78 is 62.3. The molecule has 80 heavy (non-hydrogen) atoms. The van der Waals surface area contributed by atoms with Gasteiger partial charge in [-0.2, -0.15) is 0 Å². The molecule has 0 aliphatic heterocycles. The van der Waals surface area contributed by atoms with Crippen molar-refractivity contribution in [2.75, 3.05) is 26.7 Å². The molecular weight excluding hydrogens is 1060 g/mol. The van der Waals surface area contributed by atoms with Crippen LogP contribution in [0.2, 0.25) is 5.02 Å². The molecule has 6 aromatic rings. The summed E-state index contributed by atoms with van der Waals surface area (Å²) in [6.07, 6.45) is 0.505. The number of aliphatic hydroxyl groups excluding tert-OH is 1. The third kappa shape index (κ3) is 14.3. The summed E-state index contributed by atoms with van der Waals surface area (Å²) in [4.78, 5) is 88.9. The maximum absolute atomic E-state index is 14.8. The SMILES string of the molecule is CNC(=O)c1[nH]c(C(=O)NCCCNC(=O)c2[nH]c(C(=O)NC3CC(CNC(=O)c4[nH]c(C(=O)NC5CCC(O)CC5)cc4OC(C)c4ccccc4F)C3)cc2OC(C)c2ccccc2F)cc1OC(C)c1ccc(Cl)cc1F. The van der Waals surface area contributed by atoms with Gasteiger partial charge in [0.1, 0.15) is 69.9 Å². The van der Waals surface area contributed by atoms with E-state index in [2.05, 4.69) is 46.9 Å². The van der Waals surface area contributed by atoms with Crippen LogP contribution in [0.1, 0.15) is 164 Å². The predicted molar refractivity (Wildman–Crippen MR) is 288 cm³/mol. The van der Waals surface area contributed by atoms with Gasteiger partial charge < -0.3 is 66.2 Å². The van der Waals surface area contributed by atoms with Crippen molar-refractivity contribution >= 4 is 47.0 Å². The molecule has 8 rings (SSSR count). The highest BCUT2D eigenvalue weighted by Gasteiger charge is 2.34. The van der Waals surface area contributed by atoms with Crippen molar-refractivity contribution in [1.82, 2.24) is 46.9 Å². The smallest absolute Gasteiger partial charge is 0.271 e. The Morgan fingerprint density at radius 1 is 0.562 bits per heavy atom. The molecule has 0 saturated heterocycles. The molecule has 2 saturated carbocycles. The van der Waals surface area contributed by atoms with E-state index in [1.54, 1.807) is 45.0 Å². The van der Waals surface area contributed by atoms with E-state index in [0.29, 0.717) is 38.5 Å². The number of aromatic amines is 3. The fourth-order valence-corrected chi connectivity index (χ4v) is 9.71. The zero-order chi connectivity index (χ0) is 57.2. The first kappa shape index (κ1) is 57.9. The second-order valence-electron chi connectivity index (χ2n) is 19.9. The number of rotatable bonds is 23. The van der Waals surface area contributed by atoms with Gasteiger partial charge in [0.25, 0.3) is 35.4 Å². The van der Waals surface area contributed by atoms with E-state index in [-0.39, 0.29) is 117 Å². The molecule has 2 aliphatic rings. The minimum Gasteiger partial charge on any atom is -0.483 e. The Morgan fingerprint density at radius 3 is 1.49 bits per heavy atom. The van der Waals surface area contributed by atoms with Crippen LogP contribution in [0.3, 0.4) is 0 Å². The average molecular weight is 1130 g/mol. The minimum atomic E-state index is -0.887. The zero-order valence-electron chi connectivity index (χ0n) is 44.3. The van der Waals surface area contributed by atoms with Crippen LogP contribution in [-0.2, 0) is 0 Å². The van der Waals surface area contributed by atoms with Crippen LogP contribution in [0.25, 0.3) is 0 Å². The van der Waals surface area contributed by atoms with Gasteiger partial charge in [-0.05, 0) is 95.9 Å². The van der Waals surface area contributed by atoms with Crippen LogP contribution in [0, 0.1) is 23.4 Å². The van der Waals surface area contributed by atoms with E-state index in [1.165, 1.54) is 61.6 Å². The molecule has 3 aromatic heterocycles. The molecule has 3 atom stereocenters. The Morgan fingerprint density at radius 2 is 1.00 bits per heavy atom. The molecule has 3 unspecified atom stereocenters. The Hall–Kier alpha value is -8.24. The molecular formula is C57H63ClF3N9O10. The number of aromatic nitrogens is 3. The van der Waals surface area contributed by atoms with Crippen LogP contribution in [0.15, 0.2) is 84.9 Å². The number of nitrogens with one attached hydrogen (secondary N) is 9. The van der Waals surface area contributed by atoms with E-state index < -0.39 is 77.3 Å². The van der Waals surface area contributed by atoms with Crippen molar-refractivity contribution in [2.24, 2.45) is 5.92 Å². The first-order valence-electron chi connectivity index (χ1n) is 26.3. The van der Waals surface area contributed by atoms with E-state index >= 15 is 0 Å². The van der Waals surface area contributed by atoms with Gasteiger partial charge in [-0.15, -0.1) is 0 Å². The van der Waals surface area contributed by atoms with Crippen LogP contribution >= 0.6 is 11.6 Å². The highest BCUT2D eigenvalue weighted by atomic mass is 35.5. The normalized spacial score (nSPS) is 17.9. The highest BCUT2D eigenvalue weighted by Crippen LogP contribution is 2.33. The average Bonchev–Trinajstić information content (AvgIpc) is 4.18. The lowest BCUT2D eigenvalue weighted by Gasteiger charge is -2.35. The lowest BCUT2D eigenvalue weighted by atomic mass is 9.80. The van der Waals surface area contributed by atoms with Crippen molar-refractivity contribution < 1.29 is 61.3 Å². The topological polar surface area (TPSA) is 270 Å². The molecule has 19 nitrogen and oxygen atoms in total. The lowest BCUT2D eigenvalue weighted by molar-refractivity contribution is 0.0852. The largest absolute Gasteiger partial charge is 0.483 e. The van der Waals surface area contributed by atoms with Gasteiger partial charge in [0.05, 0.1) is 6.10 Å². The first-order valence-corrected chi connectivity index (χ1v) is 26.7. The van der Waals surface area contributed by atoms with Crippen molar-refractivity contribution in [3.63, 3.8) is 0 Å². The van der Waals surface area contributed by atoms with Gasteiger partial charge in [-0.1, -0.05) is 54.1 Å². The molecule has 0 spiro atoms. The molecule has 6 amide bonds. The number of aliphatic hydroxyl groups is 1. The van der Waals surface area contributed by atoms with Crippen LogP contribution < -0.4 is 46.1 Å². The van der Waals surface area contributed by atoms with Gasteiger partial charge >= 0.3 is 0 Å². The number of halogens is 4. The fourth-order valence-electron chi connectivity index (χ4n) is 9.55. The molecule has 0 radical (unpaired) electrons. The molecule has 10 N–H and O–H groups in total. The summed E-state index contributed by atoms with van der Waals surface area (Å²) in [5, 5.41) is 26.8. The predicted octanol–water partition coefficient (Wildman–Crippen LogP) is 8.04. The molecule has 3 aromatic carbocycles. The Labute approximate surface area is 463 Å². The number of ether oxygens (including phenoxy) is 3. The van der Waals surface area contributed by atoms with Gasteiger partial charge in [-0.25, -0.2) is 13.2 Å². The van der Waals surface area contributed by atoms with Crippen molar-refractivity contribution in [2.45, 2.75) is 102 Å². The van der Waals surface area contributed by atoms with E-state index in [0.717, 1.165) is 6.07 Å².